The zero-order chi connectivity index (χ0) is 10.9. The molecule has 2 radical (unpaired) electrons. The van der Waals surface area contributed by atoms with Gasteiger partial charge in [0.05, 0.1) is 0 Å². The summed E-state index contributed by atoms with van der Waals surface area (Å²) in [6, 6.07) is 0. The summed E-state index contributed by atoms with van der Waals surface area (Å²) in [4.78, 5) is 0. The number of hydrogen-bond donors (Lipinski definition) is 0. The van der Waals surface area contributed by atoms with E-state index in [1.807, 2.05) is 0 Å². The molecule has 2 nitrogen and oxygen atoms in total. The Morgan fingerprint density at radius 2 is 1.46 bits per heavy atom. The van der Waals surface area contributed by atoms with E-state index in [1.54, 1.807) is 3.75 Å². The van der Waals surface area contributed by atoms with E-state index in [1.165, 1.54) is 0 Å². The Balaban J connectivity index is 4.63. The third kappa shape index (κ3) is 3.66. The van der Waals surface area contributed by atoms with Gasteiger partial charge in [-0.25, -0.2) is 3.75 Å². The fourth-order valence-corrected chi connectivity index (χ4v) is 12.2. The predicted octanol–water partition coefficient (Wildman–Crippen LogP) is 2.68. The number of nitrogens with zero attached hydrogens (tertiary/aromatic N) is 2. The van der Waals surface area contributed by atoms with Crippen molar-refractivity contribution >= 4 is 48.5 Å². The number of rotatable bonds is 4. The molecule has 0 saturated heterocycles. The quantitative estimate of drug-likeness (QED) is 0.441. The second kappa shape index (κ2) is 4.78. The molecule has 0 atom stereocenters. The molecule has 0 saturated carbocycles. The van der Waals surface area contributed by atoms with Crippen molar-refractivity contribution in [2.24, 2.45) is 0 Å². The van der Waals surface area contributed by atoms with Crippen molar-refractivity contribution in [2.45, 2.75) is 32.7 Å². The molecule has 0 fully saturated rings. The third-order valence-electron chi connectivity index (χ3n) is 2.38. The third-order valence-corrected chi connectivity index (χ3v) is 15.5. The van der Waals surface area contributed by atoms with Crippen molar-refractivity contribution in [3.05, 3.63) is 0 Å². The van der Waals surface area contributed by atoms with Crippen LogP contribution in [0.3, 0.4) is 0 Å². The van der Waals surface area contributed by atoms with Crippen LogP contribution >= 0.6 is 22.9 Å². The van der Waals surface area contributed by atoms with Gasteiger partial charge in [-0.3, -0.25) is 0 Å². The van der Waals surface area contributed by atoms with Gasteiger partial charge in [-0.05, 0) is 31.9 Å². The van der Waals surface area contributed by atoms with Crippen LogP contribution in [0.1, 0.15) is 0 Å². The van der Waals surface area contributed by atoms with Gasteiger partial charge in [0, 0.05) is 0 Å². The minimum atomic E-state index is -1.67. The van der Waals surface area contributed by atoms with Gasteiger partial charge in [-0.15, -0.1) is 11.1 Å². The molecule has 78 valence electrons. The van der Waals surface area contributed by atoms with Crippen molar-refractivity contribution < 1.29 is 0 Å². The highest BCUT2D eigenvalue weighted by Crippen LogP contribution is 2.21. The van der Waals surface area contributed by atoms with E-state index in [9.17, 15) is 0 Å². The first-order valence-corrected chi connectivity index (χ1v) is 12.8. The van der Waals surface area contributed by atoms with Crippen molar-refractivity contribution in [3.63, 3.8) is 0 Å². The first kappa shape index (κ1) is 14.2. The number of hydrogen-bond acceptors (Lipinski definition) is 2. The van der Waals surface area contributed by atoms with Crippen LogP contribution in [0, 0.1) is 0 Å². The molecule has 0 aliphatic heterocycles. The summed E-state index contributed by atoms with van der Waals surface area (Å²) in [6.07, 6.45) is 0. The molecular weight excluding hydrogens is 255 g/mol. The summed E-state index contributed by atoms with van der Waals surface area (Å²) in [6.45, 7) is 11.4. The second-order valence-corrected chi connectivity index (χ2v) is 16.6. The molecule has 0 aliphatic carbocycles. The molecule has 0 aromatic heterocycles. The van der Waals surface area contributed by atoms with E-state index < -0.39 is 16.6 Å². The predicted molar refractivity (Wildman–Crippen MR) is 67.9 cm³/mol. The SMILES string of the molecule is CN([Si](C)(C)C)[Si](C)(C)N(Cl)[Si]Cl. The largest absolute Gasteiger partial charge is 0.336 e. The van der Waals surface area contributed by atoms with Crippen LogP contribution in [-0.2, 0) is 0 Å². The van der Waals surface area contributed by atoms with Crippen LogP contribution in [0.25, 0.3) is 0 Å². The van der Waals surface area contributed by atoms with Crippen LogP contribution in [0.15, 0.2) is 0 Å². The fourth-order valence-electron chi connectivity index (χ4n) is 1.06. The molecule has 0 aliphatic rings. The van der Waals surface area contributed by atoms with Gasteiger partial charge in [0.2, 0.25) is 8.40 Å². The monoisotopic (exact) mass is 272 g/mol. The van der Waals surface area contributed by atoms with E-state index in [2.05, 4.69) is 44.0 Å². The first-order chi connectivity index (χ1) is 5.64. The van der Waals surface area contributed by atoms with Gasteiger partial charge in [-0.2, -0.15) is 0 Å². The maximum absolute atomic E-state index is 6.11. The normalized spacial score (nSPS) is 14.3. The summed E-state index contributed by atoms with van der Waals surface area (Å²) in [5.74, 6) is 0. The van der Waals surface area contributed by atoms with Gasteiger partial charge in [0.1, 0.15) is 8.24 Å². The minimum Gasteiger partial charge on any atom is -0.336 e. The Hall–Kier alpha value is 1.15. The molecule has 0 aromatic rings. The van der Waals surface area contributed by atoms with E-state index in [0.29, 0.717) is 0 Å². The van der Waals surface area contributed by atoms with E-state index in [0.717, 1.165) is 0 Å². The summed E-state index contributed by atoms with van der Waals surface area (Å²) in [5, 5.41) is 0. The lowest BCUT2D eigenvalue weighted by Crippen LogP contribution is -2.65. The minimum absolute atomic E-state index is 0.168. The summed E-state index contributed by atoms with van der Waals surface area (Å²) >= 11 is 11.9. The maximum atomic E-state index is 6.11. The van der Waals surface area contributed by atoms with Crippen LogP contribution in [0.4, 0.5) is 0 Å². The Kier molecular flexibility index (Phi) is 5.20. The van der Waals surface area contributed by atoms with Crippen LogP contribution in [-0.4, -0.2) is 40.7 Å². The highest BCUT2D eigenvalue weighted by molar-refractivity contribution is 7.03. The zero-order valence-electron chi connectivity index (χ0n) is 9.15. The average molecular weight is 273 g/mol. The molecule has 0 rings (SSSR count). The lowest BCUT2D eigenvalue weighted by atomic mass is 11.6. The molecule has 0 bridgehead atoms. The summed E-state index contributed by atoms with van der Waals surface area (Å²) in [7, 11) is -0.592. The molecule has 0 unspecified atom stereocenters. The van der Waals surface area contributed by atoms with Crippen LogP contribution < -0.4 is 0 Å². The van der Waals surface area contributed by atoms with Crippen molar-refractivity contribution in [2.75, 3.05) is 7.05 Å². The average Bonchev–Trinajstić information content (AvgIpc) is 1.99. The zero-order valence-corrected chi connectivity index (χ0v) is 13.7. The maximum Gasteiger partial charge on any atom is 0.282 e. The molecule has 0 spiro atoms. The van der Waals surface area contributed by atoms with E-state index in [-0.39, 0.29) is 8.99 Å². The lowest BCUT2D eigenvalue weighted by Gasteiger charge is -2.44. The highest BCUT2D eigenvalue weighted by atomic mass is 35.6. The second-order valence-electron chi connectivity index (χ2n) is 4.59. The Morgan fingerprint density at radius 1 is 1.08 bits per heavy atom. The Morgan fingerprint density at radius 3 is 1.69 bits per heavy atom. The molecule has 7 heteroatoms. The van der Waals surface area contributed by atoms with E-state index >= 15 is 0 Å². The smallest absolute Gasteiger partial charge is 0.282 e. The van der Waals surface area contributed by atoms with Gasteiger partial charge in [0.25, 0.3) is 8.99 Å². The van der Waals surface area contributed by atoms with Crippen molar-refractivity contribution in [1.82, 2.24) is 7.98 Å². The van der Waals surface area contributed by atoms with Crippen LogP contribution in [0.2, 0.25) is 32.7 Å². The Labute approximate surface area is 96.2 Å². The van der Waals surface area contributed by atoms with Gasteiger partial charge >= 0.3 is 0 Å². The molecule has 0 N–H and O–H groups in total. The van der Waals surface area contributed by atoms with Crippen LogP contribution in [0.5, 0.6) is 0 Å². The molecule has 13 heavy (non-hydrogen) atoms. The van der Waals surface area contributed by atoms with Gasteiger partial charge in [0.15, 0.2) is 0 Å². The Bertz CT molecular complexity index is 172. The fraction of sp³-hybridized carbons (Fsp3) is 1.00. The molecule has 0 aromatic carbocycles. The first-order valence-electron chi connectivity index (χ1n) is 4.20. The lowest BCUT2D eigenvalue weighted by molar-refractivity contribution is 0.701. The highest BCUT2D eigenvalue weighted by Gasteiger charge is 2.39. The summed E-state index contributed by atoms with van der Waals surface area (Å²) in [5.41, 5.74) is 0. The van der Waals surface area contributed by atoms with E-state index in [4.69, 9.17) is 22.9 Å². The van der Waals surface area contributed by atoms with Gasteiger partial charge < -0.3 is 4.23 Å². The molecular formula is C6H18Cl2N2Si3. The van der Waals surface area contributed by atoms with Crippen molar-refractivity contribution in [1.29, 1.82) is 0 Å². The molecule has 0 heterocycles. The molecule has 0 amide bonds. The van der Waals surface area contributed by atoms with Gasteiger partial charge in [-0.1, -0.05) is 19.6 Å². The standard InChI is InChI=1S/C6H18Cl2N2Si3/c1-9(12(2,3)4)13(5,6)10(7)11-8/h1-6H3. The van der Waals surface area contributed by atoms with Crippen molar-refractivity contribution in [3.8, 4) is 0 Å². The number of halogens is 2. The topological polar surface area (TPSA) is 6.48 Å². The summed E-state index contributed by atoms with van der Waals surface area (Å²) < 4.78 is 4.27.